The molecule has 99 heavy (non-hydrogen) atoms. The number of unbranched alkanes of at least 4 members (excludes halogenated alkanes) is 30. The van der Waals surface area contributed by atoms with E-state index in [1.54, 1.807) is 6.08 Å². The normalized spacial score (nSPS) is 27.1. The number of aliphatic hydroxyl groups is 11. The average molecular weight is 1400 g/mol. The fourth-order valence-electron chi connectivity index (χ4n) is 12.6. The Kier molecular flexibility index (Phi) is 54.5. The summed E-state index contributed by atoms with van der Waals surface area (Å²) in [6.07, 6.45) is 54.0. The summed E-state index contributed by atoms with van der Waals surface area (Å²) in [4.78, 5) is 13.5. The van der Waals surface area contributed by atoms with E-state index in [0.29, 0.717) is 12.8 Å². The molecule has 0 aromatic heterocycles. The van der Waals surface area contributed by atoms with E-state index in [1.807, 2.05) is 6.08 Å². The van der Waals surface area contributed by atoms with E-state index >= 15 is 0 Å². The van der Waals surface area contributed by atoms with Gasteiger partial charge in [0.1, 0.15) is 73.2 Å². The van der Waals surface area contributed by atoms with Crippen LogP contribution in [0.15, 0.2) is 97.2 Å². The predicted molar refractivity (Wildman–Crippen MR) is 392 cm³/mol. The van der Waals surface area contributed by atoms with Gasteiger partial charge in [-0.3, -0.25) is 4.79 Å². The maximum absolute atomic E-state index is 13.5. The van der Waals surface area contributed by atoms with Crippen LogP contribution in [-0.2, 0) is 33.2 Å². The minimum atomic E-state index is -1.99. The van der Waals surface area contributed by atoms with Crippen LogP contribution < -0.4 is 5.32 Å². The number of nitrogens with one attached hydrogen (secondary N) is 1. The van der Waals surface area contributed by atoms with Gasteiger partial charge in [-0.1, -0.05) is 272 Å². The number of hydrogen-bond donors (Lipinski definition) is 12. The molecule has 19 heteroatoms. The molecule has 3 rings (SSSR count). The van der Waals surface area contributed by atoms with Crippen LogP contribution in [0.3, 0.4) is 0 Å². The van der Waals surface area contributed by atoms with E-state index in [9.17, 15) is 61.0 Å². The van der Waals surface area contributed by atoms with Gasteiger partial charge in [-0.25, -0.2) is 0 Å². The van der Waals surface area contributed by atoms with E-state index in [2.05, 4.69) is 104 Å². The predicted octanol–water partition coefficient (Wildman–Crippen LogP) is 12.4. The van der Waals surface area contributed by atoms with E-state index in [0.717, 1.165) is 77.0 Å². The maximum atomic E-state index is 13.5. The fraction of sp³-hybridized carbons (Fsp3) is 0.787. The zero-order chi connectivity index (χ0) is 71.8. The Labute approximate surface area is 596 Å². The maximum Gasteiger partial charge on any atom is 0.220 e. The number of allylic oxidation sites excluding steroid dienone is 15. The van der Waals surface area contributed by atoms with Crippen LogP contribution in [0.25, 0.3) is 0 Å². The Hall–Kier alpha value is -3.29. The molecular formula is C80H139NO18. The third-order valence-corrected chi connectivity index (χ3v) is 18.8. The minimum Gasteiger partial charge on any atom is -0.394 e. The molecule has 0 aromatic carbocycles. The molecule has 1 amide bonds. The molecule has 0 aromatic rings. The van der Waals surface area contributed by atoms with Gasteiger partial charge in [-0.15, -0.1) is 0 Å². The highest BCUT2D eigenvalue weighted by atomic mass is 16.8. The van der Waals surface area contributed by atoms with Gasteiger partial charge in [0.25, 0.3) is 0 Å². The summed E-state index contributed by atoms with van der Waals surface area (Å²) in [5, 5.41) is 121. The van der Waals surface area contributed by atoms with Gasteiger partial charge in [0, 0.05) is 6.42 Å². The summed E-state index contributed by atoms with van der Waals surface area (Å²) < 4.78 is 34.4. The summed E-state index contributed by atoms with van der Waals surface area (Å²) in [6, 6.07) is -1.00. The molecule has 0 aliphatic carbocycles. The molecule has 12 N–H and O–H groups in total. The van der Waals surface area contributed by atoms with Gasteiger partial charge in [0.05, 0.1) is 38.6 Å². The van der Waals surface area contributed by atoms with E-state index in [-0.39, 0.29) is 18.9 Å². The highest BCUT2D eigenvalue weighted by Gasteiger charge is 2.53. The zero-order valence-corrected chi connectivity index (χ0v) is 60.9. The highest BCUT2D eigenvalue weighted by Crippen LogP contribution is 2.33. The van der Waals surface area contributed by atoms with Crippen molar-refractivity contribution in [2.45, 2.75) is 375 Å². The van der Waals surface area contributed by atoms with Gasteiger partial charge in [0.2, 0.25) is 5.91 Å². The van der Waals surface area contributed by atoms with Crippen molar-refractivity contribution in [3.63, 3.8) is 0 Å². The van der Waals surface area contributed by atoms with Crippen LogP contribution in [0.2, 0.25) is 0 Å². The van der Waals surface area contributed by atoms with Crippen LogP contribution >= 0.6 is 0 Å². The van der Waals surface area contributed by atoms with Gasteiger partial charge in [0.15, 0.2) is 18.9 Å². The summed E-state index contributed by atoms with van der Waals surface area (Å²) in [6.45, 7) is 1.60. The first-order valence-corrected chi connectivity index (χ1v) is 39.0. The lowest BCUT2D eigenvalue weighted by Gasteiger charge is -2.48. The van der Waals surface area contributed by atoms with Gasteiger partial charge < -0.3 is 89.9 Å². The van der Waals surface area contributed by atoms with Gasteiger partial charge >= 0.3 is 0 Å². The van der Waals surface area contributed by atoms with Crippen molar-refractivity contribution in [1.29, 1.82) is 0 Å². The standard InChI is InChI=1S/C80H139NO18/c1-3-5-7-9-11-13-15-17-19-21-23-24-25-26-27-28-29-30-31-32-33-34-35-36-37-38-40-42-44-46-48-50-52-54-56-58-68(86)81-63(64(85)57-55-53-51-49-47-45-43-41-39-22-20-18-16-14-12-10-8-6-4-2)62-94-78-74(92)71(89)76(66(60-83)96-78)99-80-75(93)72(90)77(67(61-84)97-80)98-79-73(91)70(88)69(87)65(59-82)95-79/h5,7,11,13,17,19,23-24,26-27,39,41,47,49,55,57,63-67,69-80,82-85,87-93H,3-4,6,8-10,12,14-16,18,20-22,25,28-38,40,42-46,48,50-54,56,58-62H2,1-2H3,(H,81,86)/b7-5-,13-11-,19-17-,24-23-,27-26-,41-39+,49-47+,57-55+. The smallest absolute Gasteiger partial charge is 0.220 e. The molecule has 0 radical (unpaired) electrons. The molecule has 3 heterocycles. The van der Waals surface area contributed by atoms with Crippen molar-refractivity contribution in [3.05, 3.63) is 97.2 Å². The lowest BCUT2D eigenvalue weighted by atomic mass is 9.96. The quantitative estimate of drug-likeness (QED) is 0.0199. The molecule has 17 unspecified atom stereocenters. The molecule has 17 atom stereocenters. The number of rotatable bonds is 60. The van der Waals surface area contributed by atoms with Crippen LogP contribution in [0.1, 0.15) is 271 Å². The Morgan fingerprint density at radius 2 is 0.707 bits per heavy atom. The largest absolute Gasteiger partial charge is 0.394 e. The second-order valence-corrected chi connectivity index (χ2v) is 27.4. The molecule has 0 spiro atoms. The van der Waals surface area contributed by atoms with Crippen molar-refractivity contribution in [2.75, 3.05) is 26.4 Å². The molecule has 0 bridgehead atoms. The van der Waals surface area contributed by atoms with Crippen LogP contribution in [0, 0.1) is 0 Å². The Bertz CT molecular complexity index is 2170. The van der Waals surface area contributed by atoms with Gasteiger partial charge in [-0.05, 0) is 89.9 Å². The summed E-state index contributed by atoms with van der Waals surface area (Å²) in [7, 11) is 0. The van der Waals surface area contributed by atoms with Gasteiger partial charge in [-0.2, -0.15) is 0 Å². The van der Waals surface area contributed by atoms with Crippen molar-refractivity contribution in [1.82, 2.24) is 5.32 Å². The number of amides is 1. The van der Waals surface area contributed by atoms with Crippen LogP contribution in [0.5, 0.6) is 0 Å². The van der Waals surface area contributed by atoms with Crippen molar-refractivity contribution >= 4 is 5.91 Å². The number of ether oxygens (including phenoxy) is 6. The molecule has 0 saturated carbocycles. The second-order valence-electron chi connectivity index (χ2n) is 27.4. The fourth-order valence-corrected chi connectivity index (χ4v) is 12.6. The minimum absolute atomic E-state index is 0.230. The highest BCUT2D eigenvalue weighted by molar-refractivity contribution is 5.76. The average Bonchev–Trinajstić information content (AvgIpc) is 0.784. The SMILES string of the molecule is CC/C=C\C/C=C\C/C=C\C/C=C\C/C=C\CCCCCCCCCCCCCCCCCCCCCC(=O)NC(COC1OC(CO)C(OC2OC(CO)C(OC3OC(CO)C(O)C(O)C3O)C(O)C2O)C(O)C1O)C(O)/C=C/CC/C=C/CC/C=C/CCCCCCCCCCC. The number of carbonyl (C=O) groups is 1. The topological polar surface area (TPSA) is 307 Å². The zero-order valence-electron chi connectivity index (χ0n) is 60.9. The molecule has 3 fully saturated rings. The summed E-state index contributed by atoms with van der Waals surface area (Å²) >= 11 is 0. The molecular weight excluding hydrogens is 1260 g/mol. The Morgan fingerprint density at radius 1 is 0.374 bits per heavy atom. The molecule has 3 aliphatic heterocycles. The lowest BCUT2D eigenvalue weighted by molar-refractivity contribution is -0.379. The third-order valence-electron chi connectivity index (χ3n) is 18.8. The molecule has 3 saturated heterocycles. The number of hydrogen-bond acceptors (Lipinski definition) is 18. The van der Waals surface area contributed by atoms with Crippen molar-refractivity contribution in [3.8, 4) is 0 Å². The van der Waals surface area contributed by atoms with E-state index in [1.165, 1.54) is 161 Å². The van der Waals surface area contributed by atoms with E-state index in [4.69, 9.17) is 28.4 Å². The van der Waals surface area contributed by atoms with Crippen molar-refractivity contribution < 1.29 is 89.4 Å². The van der Waals surface area contributed by atoms with Crippen LogP contribution in [-0.4, -0.2) is 193 Å². The second kappa shape index (κ2) is 60.0. The Balaban J connectivity index is 1.36. The van der Waals surface area contributed by atoms with E-state index < -0.39 is 124 Å². The monoisotopic (exact) mass is 1400 g/mol. The Morgan fingerprint density at radius 3 is 1.13 bits per heavy atom. The number of aliphatic hydroxyl groups excluding tert-OH is 11. The van der Waals surface area contributed by atoms with Crippen molar-refractivity contribution in [2.24, 2.45) is 0 Å². The molecule has 3 aliphatic rings. The molecule has 572 valence electrons. The first-order chi connectivity index (χ1) is 48.3. The summed E-state index contributed by atoms with van der Waals surface area (Å²) in [5.74, 6) is -0.289. The summed E-state index contributed by atoms with van der Waals surface area (Å²) in [5.41, 5.74) is 0. The lowest BCUT2D eigenvalue weighted by Crippen LogP contribution is -2.66. The van der Waals surface area contributed by atoms with Crippen LogP contribution in [0.4, 0.5) is 0 Å². The molecule has 19 nitrogen and oxygen atoms in total. The third kappa shape index (κ3) is 40.5. The number of carbonyl (C=O) groups excluding carboxylic acids is 1. The first-order valence-electron chi connectivity index (χ1n) is 39.0. The first kappa shape index (κ1) is 89.9.